The largest absolute Gasteiger partial charge is 0.463 e. The first kappa shape index (κ1) is 11.4. The zero-order valence-corrected chi connectivity index (χ0v) is 9.86. The Bertz CT molecular complexity index is 570. The van der Waals surface area contributed by atoms with E-state index >= 15 is 0 Å². The number of H-pyrrole nitrogens is 1. The molecule has 1 N–H and O–H groups in total. The molecular weight excluding hydrogens is 216 g/mol. The van der Waals surface area contributed by atoms with Crippen LogP contribution >= 0.6 is 0 Å². The molecule has 0 aromatic carbocycles. The van der Waals surface area contributed by atoms with Crippen molar-refractivity contribution in [2.75, 3.05) is 6.61 Å². The molecule has 0 aliphatic carbocycles. The lowest BCUT2D eigenvalue weighted by molar-refractivity contribution is -0.138. The molecule has 0 spiro atoms. The third-order valence-electron chi connectivity index (χ3n) is 2.45. The van der Waals surface area contributed by atoms with E-state index in [1.54, 1.807) is 26.1 Å². The number of ether oxygens (including phenoxy) is 1. The Balaban J connectivity index is 2.35. The first-order valence-electron chi connectivity index (χ1n) is 5.50. The highest BCUT2D eigenvalue weighted by Crippen LogP contribution is 2.18. The highest BCUT2D eigenvalue weighted by Gasteiger charge is 2.07. The van der Waals surface area contributed by atoms with Crippen molar-refractivity contribution in [3.63, 3.8) is 0 Å². The number of carbonyl (C=O) groups excluding carboxylic acids is 1. The highest BCUT2D eigenvalue weighted by atomic mass is 16.5. The molecule has 0 amide bonds. The lowest BCUT2D eigenvalue weighted by atomic mass is 10.1. The first-order chi connectivity index (χ1) is 8.22. The molecule has 0 unspecified atom stereocenters. The Morgan fingerprint density at radius 3 is 3.18 bits per heavy atom. The number of pyridine rings is 1. The maximum absolute atomic E-state index is 11.5. The van der Waals surface area contributed by atoms with Crippen LogP contribution in [0.3, 0.4) is 0 Å². The number of rotatable bonds is 3. The predicted molar refractivity (Wildman–Crippen MR) is 66.4 cm³/mol. The quantitative estimate of drug-likeness (QED) is 0.651. The first-order valence-corrected chi connectivity index (χ1v) is 5.50. The van der Waals surface area contributed by atoms with Crippen LogP contribution in [0.25, 0.3) is 17.1 Å². The standard InChI is InChI=1S/C13H14N2O2/c1-3-17-13(16)9(2)7-10-8-15-12-11(10)5-4-6-14-12/h4-8H,3H2,1-2H3,(H,14,15)/b9-7+. The Hall–Kier alpha value is -2.10. The van der Waals surface area contributed by atoms with Gasteiger partial charge in [-0.1, -0.05) is 0 Å². The average molecular weight is 230 g/mol. The molecule has 17 heavy (non-hydrogen) atoms. The average Bonchev–Trinajstić information content (AvgIpc) is 2.73. The normalized spacial score (nSPS) is 11.8. The van der Waals surface area contributed by atoms with Crippen molar-refractivity contribution >= 4 is 23.1 Å². The second-order valence-electron chi connectivity index (χ2n) is 3.69. The van der Waals surface area contributed by atoms with Gasteiger partial charge in [0.25, 0.3) is 0 Å². The van der Waals surface area contributed by atoms with E-state index in [1.807, 2.05) is 18.3 Å². The summed E-state index contributed by atoms with van der Waals surface area (Å²) in [6, 6.07) is 3.83. The van der Waals surface area contributed by atoms with E-state index < -0.39 is 0 Å². The van der Waals surface area contributed by atoms with Crippen LogP contribution in [0.1, 0.15) is 19.4 Å². The number of hydrogen-bond donors (Lipinski definition) is 1. The fourth-order valence-electron chi connectivity index (χ4n) is 1.63. The van der Waals surface area contributed by atoms with Crippen LogP contribution in [-0.2, 0) is 9.53 Å². The summed E-state index contributed by atoms with van der Waals surface area (Å²) in [7, 11) is 0. The monoisotopic (exact) mass is 230 g/mol. The van der Waals surface area contributed by atoms with E-state index in [0.717, 1.165) is 16.6 Å². The number of esters is 1. The topological polar surface area (TPSA) is 55.0 Å². The van der Waals surface area contributed by atoms with Gasteiger partial charge in [0.15, 0.2) is 0 Å². The number of carbonyl (C=O) groups is 1. The Morgan fingerprint density at radius 2 is 2.41 bits per heavy atom. The molecule has 0 bridgehead atoms. The van der Waals surface area contributed by atoms with Crippen molar-refractivity contribution in [1.82, 2.24) is 9.97 Å². The number of fused-ring (bicyclic) bond motifs is 1. The minimum Gasteiger partial charge on any atom is -0.463 e. The molecule has 0 fully saturated rings. The summed E-state index contributed by atoms with van der Waals surface area (Å²) in [5, 5.41) is 0.996. The van der Waals surface area contributed by atoms with Gasteiger partial charge in [0.1, 0.15) is 5.65 Å². The van der Waals surface area contributed by atoms with Crippen LogP contribution in [-0.4, -0.2) is 22.5 Å². The van der Waals surface area contributed by atoms with Gasteiger partial charge in [-0.3, -0.25) is 0 Å². The molecule has 4 nitrogen and oxygen atoms in total. The fraction of sp³-hybridized carbons (Fsp3) is 0.231. The molecule has 0 aliphatic heterocycles. The Kier molecular flexibility index (Phi) is 3.23. The molecule has 0 atom stereocenters. The van der Waals surface area contributed by atoms with Gasteiger partial charge in [0, 0.05) is 28.9 Å². The molecule has 2 aromatic heterocycles. The highest BCUT2D eigenvalue weighted by molar-refractivity contribution is 5.96. The molecule has 88 valence electrons. The third-order valence-corrected chi connectivity index (χ3v) is 2.45. The van der Waals surface area contributed by atoms with Gasteiger partial charge in [-0.2, -0.15) is 0 Å². The van der Waals surface area contributed by atoms with Gasteiger partial charge >= 0.3 is 5.97 Å². The van der Waals surface area contributed by atoms with Gasteiger partial charge in [0.05, 0.1) is 6.61 Å². The van der Waals surface area contributed by atoms with Gasteiger partial charge in [-0.15, -0.1) is 0 Å². The van der Waals surface area contributed by atoms with Crippen LogP contribution in [0, 0.1) is 0 Å². The zero-order chi connectivity index (χ0) is 12.3. The lowest BCUT2D eigenvalue weighted by Crippen LogP contribution is -2.04. The summed E-state index contributed by atoms with van der Waals surface area (Å²) in [4.78, 5) is 18.7. The number of hydrogen-bond acceptors (Lipinski definition) is 3. The lowest BCUT2D eigenvalue weighted by Gasteiger charge is -2.00. The third kappa shape index (κ3) is 2.36. The maximum Gasteiger partial charge on any atom is 0.333 e. The fourth-order valence-corrected chi connectivity index (χ4v) is 1.63. The molecule has 2 heterocycles. The molecule has 0 saturated heterocycles. The van der Waals surface area contributed by atoms with E-state index in [2.05, 4.69) is 9.97 Å². The summed E-state index contributed by atoms with van der Waals surface area (Å²) in [6.07, 6.45) is 5.36. The summed E-state index contributed by atoms with van der Waals surface area (Å²) in [6.45, 7) is 3.92. The van der Waals surface area contributed by atoms with Gasteiger partial charge in [-0.25, -0.2) is 9.78 Å². The van der Waals surface area contributed by atoms with Crippen LogP contribution in [0.4, 0.5) is 0 Å². The van der Waals surface area contributed by atoms with Crippen LogP contribution in [0.15, 0.2) is 30.1 Å². The number of aromatic nitrogens is 2. The van der Waals surface area contributed by atoms with Gasteiger partial charge in [0.2, 0.25) is 0 Å². The van der Waals surface area contributed by atoms with Crippen LogP contribution in [0.2, 0.25) is 0 Å². The van der Waals surface area contributed by atoms with Crippen molar-refractivity contribution in [3.8, 4) is 0 Å². The molecule has 0 saturated carbocycles. The summed E-state index contributed by atoms with van der Waals surface area (Å²) < 4.78 is 4.93. The molecule has 0 aliphatic rings. The Labute approximate surface area is 99.3 Å². The van der Waals surface area contributed by atoms with E-state index in [4.69, 9.17) is 4.74 Å². The van der Waals surface area contributed by atoms with E-state index in [9.17, 15) is 4.79 Å². The molecule has 2 rings (SSSR count). The second kappa shape index (κ2) is 4.82. The van der Waals surface area contributed by atoms with Crippen molar-refractivity contribution < 1.29 is 9.53 Å². The van der Waals surface area contributed by atoms with E-state index in [-0.39, 0.29) is 5.97 Å². The minimum absolute atomic E-state index is 0.286. The van der Waals surface area contributed by atoms with Crippen LogP contribution < -0.4 is 0 Å². The zero-order valence-electron chi connectivity index (χ0n) is 9.86. The van der Waals surface area contributed by atoms with Crippen molar-refractivity contribution in [2.24, 2.45) is 0 Å². The smallest absolute Gasteiger partial charge is 0.333 e. The van der Waals surface area contributed by atoms with E-state index in [0.29, 0.717) is 12.2 Å². The summed E-state index contributed by atoms with van der Waals surface area (Å²) in [5.74, 6) is -0.286. The number of aromatic amines is 1. The van der Waals surface area contributed by atoms with E-state index in [1.165, 1.54) is 0 Å². The maximum atomic E-state index is 11.5. The Morgan fingerprint density at radius 1 is 1.59 bits per heavy atom. The molecule has 4 heteroatoms. The minimum atomic E-state index is -0.286. The summed E-state index contributed by atoms with van der Waals surface area (Å²) >= 11 is 0. The van der Waals surface area contributed by atoms with Crippen LogP contribution in [0.5, 0.6) is 0 Å². The summed E-state index contributed by atoms with van der Waals surface area (Å²) in [5.41, 5.74) is 2.34. The SMILES string of the molecule is CCOC(=O)/C(C)=C/c1c[nH]c2ncccc12. The van der Waals surface area contributed by atoms with Crippen molar-refractivity contribution in [2.45, 2.75) is 13.8 Å². The van der Waals surface area contributed by atoms with Crippen molar-refractivity contribution in [3.05, 3.63) is 35.7 Å². The van der Waals surface area contributed by atoms with Gasteiger partial charge in [-0.05, 0) is 32.1 Å². The predicted octanol–water partition coefficient (Wildman–Crippen LogP) is 2.53. The molecule has 2 aromatic rings. The second-order valence-corrected chi connectivity index (χ2v) is 3.69. The number of nitrogens with one attached hydrogen (secondary N) is 1. The number of nitrogens with zero attached hydrogens (tertiary/aromatic N) is 1. The molecular formula is C13H14N2O2. The van der Waals surface area contributed by atoms with Gasteiger partial charge < -0.3 is 9.72 Å². The molecule has 0 radical (unpaired) electrons. The van der Waals surface area contributed by atoms with Crippen molar-refractivity contribution in [1.29, 1.82) is 0 Å².